The minimum atomic E-state index is -0.588. The first-order chi connectivity index (χ1) is 9.16. The first-order valence-corrected chi connectivity index (χ1v) is 7.65. The van der Waals surface area contributed by atoms with Gasteiger partial charge >= 0.3 is 5.97 Å². The van der Waals surface area contributed by atoms with Gasteiger partial charge in [0.1, 0.15) is 0 Å². The number of carbonyl (C=O) groups is 1. The van der Waals surface area contributed by atoms with E-state index in [-0.39, 0.29) is 17.5 Å². The van der Waals surface area contributed by atoms with Crippen LogP contribution in [0.5, 0.6) is 0 Å². The van der Waals surface area contributed by atoms with E-state index in [0.29, 0.717) is 19.1 Å². The fraction of sp³-hybridized carbons (Fsp3) is 0.938. The number of hydrogen-bond acceptors (Lipinski definition) is 4. The molecule has 0 radical (unpaired) electrons. The average molecular weight is 285 g/mol. The second-order valence-electron chi connectivity index (χ2n) is 7.67. The lowest BCUT2D eigenvalue weighted by atomic mass is 9.75. The van der Waals surface area contributed by atoms with Gasteiger partial charge in [0, 0.05) is 13.2 Å². The van der Waals surface area contributed by atoms with Crippen LogP contribution in [0.25, 0.3) is 0 Å². The molecule has 4 heteroatoms. The molecule has 1 aliphatic heterocycles. The molecule has 0 aliphatic carbocycles. The summed E-state index contributed by atoms with van der Waals surface area (Å²) in [4.78, 5) is 12.4. The quantitative estimate of drug-likeness (QED) is 0.789. The van der Waals surface area contributed by atoms with Crippen molar-refractivity contribution in [1.29, 1.82) is 0 Å². The van der Waals surface area contributed by atoms with Crippen LogP contribution < -0.4 is 5.73 Å². The van der Waals surface area contributed by atoms with E-state index in [2.05, 4.69) is 27.7 Å². The van der Waals surface area contributed by atoms with Crippen LogP contribution in [0.2, 0.25) is 0 Å². The van der Waals surface area contributed by atoms with Crippen molar-refractivity contribution in [2.75, 3.05) is 19.8 Å². The molecule has 118 valence electrons. The third kappa shape index (κ3) is 5.41. The number of nitrogens with two attached hydrogens (primary N) is 1. The Labute approximate surface area is 123 Å². The fourth-order valence-corrected chi connectivity index (χ4v) is 3.01. The highest BCUT2D eigenvalue weighted by Crippen LogP contribution is 2.34. The highest BCUT2D eigenvalue weighted by molar-refractivity contribution is 5.76. The molecule has 3 atom stereocenters. The van der Waals surface area contributed by atoms with Gasteiger partial charge < -0.3 is 15.2 Å². The van der Waals surface area contributed by atoms with Crippen LogP contribution in [0.4, 0.5) is 0 Å². The lowest BCUT2D eigenvalue weighted by molar-refractivity contribution is -0.159. The normalized spacial score (nSPS) is 26.9. The largest absolute Gasteiger partial charge is 0.465 e. The maximum absolute atomic E-state index is 12.4. The number of carbonyl (C=O) groups excluding carboxylic acids is 1. The molecule has 1 saturated heterocycles. The molecule has 1 rings (SSSR count). The molecule has 0 aromatic carbocycles. The van der Waals surface area contributed by atoms with Crippen molar-refractivity contribution in [1.82, 2.24) is 0 Å². The van der Waals surface area contributed by atoms with Crippen LogP contribution in [-0.2, 0) is 14.3 Å². The van der Waals surface area contributed by atoms with Crippen LogP contribution in [-0.4, -0.2) is 31.8 Å². The van der Waals surface area contributed by atoms with E-state index in [1.807, 2.05) is 6.92 Å². The first kappa shape index (κ1) is 17.4. The molecule has 0 amide bonds. The van der Waals surface area contributed by atoms with E-state index in [4.69, 9.17) is 15.2 Å². The lowest BCUT2D eigenvalue weighted by Gasteiger charge is -2.33. The lowest BCUT2D eigenvalue weighted by Crippen LogP contribution is -2.41. The summed E-state index contributed by atoms with van der Waals surface area (Å²) >= 11 is 0. The molecule has 0 bridgehead atoms. The molecule has 1 aliphatic rings. The van der Waals surface area contributed by atoms with Gasteiger partial charge in [-0.25, -0.2) is 0 Å². The van der Waals surface area contributed by atoms with Crippen molar-refractivity contribution in [3.05, 3.63) is 0 Å². The molecular formula is C16H31NO3. The fourth-order valence-electron chi connectivity index (χ4n) is 3.01. The molecular weight excluding hydrogens is 254 g/mol. The Morgan fingerprint density at radius 1 is 1.35 bits per heavy atom. The molecule has 20 heavy (non-hydrogen) atoms. The van der Waals surface area contributed by atoms with Crippen LogP contribution in [0.1, 0.15) is 53.9 Å². The predicted molar refractivity (Wildman–Crippen MR) is 80.3 cm³/mol. The molecule has 0 saturated carbocycles. The van der Waals surface area contributed by atoms with Crippen molar-refractivity contribution in [3.8, 4) is 0 Å². The summed E-state index contributed by atoms with van der Waals surface area (Å²) in [6.07, 6.45) is 2.93. The monoisotopic (exact) mass is 285 g/mol. The van der Waals surface area contributed by atoms with Gasteiger partial charge in [-0.15, -0.1) is 0 Å². The van der Waals surface area contributed by atoms with E-state index in [1.165, 1.54) is 0 Å². The third-order valence-electron chi connectivity index (χ3n) is 3.91. The van der Waals surface area contributed by atoms with Crippen molar-refractivity contribution in [2.24, 2.45) is 22.5 Å². The summed E-state index contributed by atoms with van der Waals surface area (Å²) in [6, 6.07) is 0. The number of hydrogen-bond donors (Lipinski definition) is 1. The first-order valence-electron chi connectivity index (χ1n) is 7.65. The van der Waals surface area contributed by atoms with Crippen LogP contribution in [0.3, 0.4) is 0 Å². The second kappa shape index (κ2) is 6.90. The Hall–Kier alpha value is -0.610. The Balaban J connectivity index is 2.50. The molecule has 0 spiro atoms. The van der Waals surface area contributed by atoms with E-state index in [9.17, 15) is 4.79 Å². The van der Waals surface area contributed by atoms with Crippen LogP contribution >= 0.6 is 0 Å². The van der Waals surface area contributed by atoms with Crippen molar-refractivity contribution >= 4 is 5.97 Å². The van der Waals surface area contributed by atoms with Gasteiger partial charge in [0.25, 0.3) is 0 Å². The van der Waals surface area contributed by atoms with Gasteiger partial charge in [0.05, 0.1) is 18.1 Å². The second-order valence-corrected chi connectivity index (χ2v) is 7.67. The van der Waals surface area contributed by atoms with Crippen LogP contribution in [0, 0.1) is 16.7 Å². The molecule has 2 N–H and O–H groups in total. The summed E-state index contributed by atoms with van der Waals surface area (Å²) in [6.45, 7) is 11.9. The number of esters is 1. The Morgan fingerprint density at radius 3 is 2.50 bits per heavy atom. The zero-order valence-electron chi connectivity index (χ0n) is 13.7. The van der Waals surface area contributed by atoms with Crippen molar-refractivity contribution in [2.45, 2.75) is 60.0 Å². The highest BCUT2D eigenvalue weighted by atomic mass is 16.5. The van der Waals surface area contributed by atoms with Gasteiger partial charge in [-0.1, -0.05) is 20.8 Å². The third-order valence-corrected chi connectivity index (χ3v) is 3.91. The van der Waals surface area contributed by atoms with Crippen molar-refractivity contribution < 1.29 is 14.3 Å². The summed E-state index contributed by atoms with van der Waals surface area (Å²) in [5, 5.41) is 0. The SMILES string of the molecule is CC1CC(COC(=O)C(C)(CN)CC(C)(C)C)CCO1. The average Bonchev–Trinajstić information content (AvgIpc) is 2.34. The maximum Gasteiger partial charge on any atom is 0.313 e. The predicted octanol–water partition coefficient (Wildman–Crippen LogP) is 2.75. The van der Waals surface area contributed by atoms with Crippen molar-refractivity contribution in [3.63, 3.8) is 0 Å². The summed E-state index contributed by atoms with van der Waals surface area (Å²) < 4.78 is 11.1. The van der Waals surface area contributed by atoms with Gasteiger partial charge in [0.2, 0.25) is 0 Å². The number of ether oxygens (including phenoxy) is 2. The van der Waals surface area contributed by atoms with Gasteiger partial charge in [-0.2, -0.15) is 0 Å². The minimum Gasteiger partial charge on any atom is -0.465 e. The molecule has 3 unspecified atom stereocenters. The molecule has 1 fully saturated rings. The topological polar surface area (TPSA) is 61.5 Å². The van der Waals surface area contributed by atoms with E-state index < -0.39 is 5.41 Å². The van der Waals surface area contributed by atoms with Gasteiger partial charge in [-0.05, 0) is 44.4 Å². The number of rotatable bonds is 5. The van der Waals surface area contributed by atoms with E-state index in [0.717, 1.165) is 25.9 Å². The highest BCUT2D eigenvalue weighted by Gasteiger charge is 2.37. The van der Waals surface area contributed by atoms with E-state index >= 15 is 0 Å². The smallest absolute Gasteiger partial charge is 0.313 e. The molecule has 1 heterocycles. The Bertz CT molecular complexity index is 324. The minimum absolute atomic E-state index is 0.0559. The summed E-state index contributed by atoms with van der Waals surface area (Å²) in [5.41, 5.74) is 5.29. The zero-order chi connectivity index (χ0) is 15.4. The summed E-state index contributed by atoms with van der Waals surface area (Å²) in [5.74, 6) is 0.258. The molecule has 4 nitrogen and oxygen atoms in total. The van der Waals surface area contributed by atoms with Crippen LogP contribution in [0.15, 0.2) is 0 Å². The zero-order valence-corrected chi connectivity index (χ0v) is 13.7. The summed E-state index contributed by atoms with van der Waals surface area (Å²) in [7, 11) is 0. The molecule has 0 aromatic heterocycles. The van der Waals surface area contributed by atoms with E-state index in [1.54, 1.807) is 0 Å². The van der Waals surface area contributed by atoms with Gasteiger partial charge in [0.15, 0.2) is 0 Å². The van der Waals surface area contributed by atoms with Gasteiger partial charge in [-0.3, -0.25) is 4.79 Å². The maximum atomic E-state index is 12.4. The Morgan fingerprint density at radius 2 is 2.00 bits per heavy atom. The Kier molecular flexibility index (Phi) is 6.02. The molecule has 0 aromatic rings. The standard InChI is InChI=1S/C16H31NO3/c1-12-8-13(6-7-19-12)9-20-14(18)16(5,11-17)10-15(2,3)4/h12-13H,6-11,17H2,1-5H3.